The molecule has 86 valence electrons. The lowest BCUT2D eigenvalue weighted by Crippen LogP contribution is -2.38. The molecule has 0 amide bonds. The van der Waals surface area contributed by atoms with Gasteiger partial charge >= 0.3 is 8.80 Å². The van der Waals surface area contributed by atoms with Crippen LogP contribution in [0, 0.1) is 0 Å². The molecule has 0 fully saturated rings. The second kappa shape index (κ2) is 7.41. The molecule has 0 heterocycles. The Morgan fingerprint density at radius 3 is 1.47 bits per heavy atom. The van der Waals surface area contributed by atoms with Crippen LogP contribution in [0.1, 0.15) is 0 Å². The predicted molar refractivity (Wildman–Crippen MR) is 63.5 cm³/mol. The van der Waals surface area contributed by atoms with E-state index in [-0.39, 0.29) is 0 Å². The van der Waals surface area contributed by atoms with E-state index in [1.54, 1.807) is 21.3 Å². The monoisotopic (exact) mass is 229 g/mol. The van der Waals surface area contributed by atoms with E-state index in [2.05, 4.69) is 0 Å². The molecule has 0 spiro atoms. The zero-order chi connectivity index (χ0) is 11.7. The van der Waals surface area contributed by atoms with Crippen molar-refractivity contribution in [2.24, 2.45) is 0 Å². The molecule has 0 atom stereocenters. The molecule has 0 bridgehead atoms. The quantitative estimate of drug-likeness (QED) is 0.634. The molecule has 0 aliphatic carbocycles. The van der Waals surface area contributed by atoms with Gasteiger partial charge in [-0.3, -0.25) is 0 Å². The zero-order valence-corrected chi connectivity index (χ0v) is 10.7. The highest BCUT2D eigenvalue weighted by Crippen LogP contribution is 2.02. The van der Waals surface area contributed by atoms with E-state index < -0.39 is 8.80 Å². The lowest BCUT2D eigenvalue weighted by molar-refractivity contribution is 0.132. The molecular weight excluding hydrogens is 210 g/mol. The average Bonchev–Trinajstić information content (AvgIpc) is 2.30. The van der Waals surface area contributed by atoms with Gasteiger partial charge in [-0.1, -0.05) is 18.2 Å². The van der Waals surface area contributed by atoms with Crippen molar-refractivity contribution in [2.45, 2.75) is 6.55 Å². The van der Waals surface area contributed by atoms with Gasteiger partial charge < -0.3 is 19.0 Å². The molecule has 1 aromatic rings. The van der Waals surface area contributed by atoms with E-state index in [9.17, 15) is 0 Å². The molecule has 0 aliphatic rings. The number of rotatable bonds is 3. The summed E-state index contributed by atoms with van der Waals surface area (Å²) in [4.78, 5) is 0. The molecule has 1 rings (SSSR count). The SMILES string of the molecule is CO[Si](C)(OC)OC.Nc1ccccc1. The Kier molecular flexibility index (Phi) is 6.98. The van der Waals surface area contributed by atoms with Crippen LogP contribution in [0.3, 0.4) is 0 Å². The fraction of sp³-hybridized carbons (Fsp3) is 0.400. The maximum Gasteiger partial charge on any atom is 0.496 e. The van der Waals surface area contributed by atoms with E-state index in [0.717, 1.165) is 5.69 Å². The Labute approximate surface area is 92.3 Å². The molecule has 4 nitrogen and oxygen atoms in total. The second-order valence-electron chi connectivity index (χ2n) is 2.89. The first kappa shape index (κ1) is 14.1. The number of nitrogen functional groups attached to an aromatic ring is 1. The van der Waals surface area contributed by atoms with Crippen LogP contribution < -0.4 is 5.73 Å². The van der Waals surface area contributed by atoms with Gasteiger partial charge in [-0.15, -0.1) is 0 Å². The minimum atomic E-state index is -2.17. The maximum atomic E-state index is 5.36. The summed E-state index contributed by atoms with van der Waals surface area (Å²) in [7, 11) is 2.58. The normalized spacial score (nSPS) is 10.4. The Balaban J connectivity index is 0.000000262. The molecule has 0 saturated carbocycles. The third-order valence-electron chi connectivity index (χ3n) is 1.91. The summed E-state index contributed by atoms with van der Waals surface area (Å²) in [6.45, 7) is 1.83. The van der Waals surface area contributed by atoms with Crippen molar-refractivity contribution in [3.63, 3.8) is 0 Å². The van der Waals surface area contributed by atoms with E-state index in [1.165, 1.54) is 0 Å². The van der Waals surface area contributed by atoms with Crippen molar-refractivity contribution >= 4 is 14.5 Å². The topological polar surface area (TPSA) is 53.7 Å². The number of hydrogen-bond donors (Lipinski definition) is 1. The van der Waals surface area contributed by atoms with Crippen LogP contribution in [0.5, 0.6) is 0 Å². The largest absolute Gasteiger partial charge is 0.496 e. The first-order chi connectivity index (χ1) is 7.08. The van der Waals surface area contributed by atoms with Crippen LogP contribution in [-0.4, -0.2) is 30.1 Å². The lowest BCUT2D eigenvalue weighted by Gasteiger charge is -2.18. The van der Waals surface area contributed by atoms with Gasteiger partial charge in [-0.05, 0) is 12.1 Å². The van der Waals surface area contributed by atoms with Gasteiger partial charge in [0.2, 0.25) is 0 Å². The second-order valence-corrected chi connectivity index (χ2v) is 5.83. The van der Waals surface area contributed by atoms with Crippen LogP contribution in [0.4, 0.5) is 5.69 Å². The molecular formula is C10H19NO3Si. The molecule has 0 radical (unpaired) electrons. The fourth-order valence-electron chi connectivity index (χ4n) is 0.703. The highest BCUT2D eigenvalue weighted by atomic mass is 28.4. The Morgan fingerprint density at radius 2 is 1.33 bits per heavy atom. The summed E-state index contributed by atoms with van der Waals surface area (Å²) in [5.41, 5.74) is 6.18. The molecule has 15 heavy (non-hydrogen) atoms. The van der Waals surface area contributed by atoms with Gasteiger partial charge in [0.15, 0.2) is 0 Å². The highest BCUT2D eigenvalue weighted by Gasteiger charge is 2.29. The van der Waals surface area contributed by atoms with Gasteiger partial charge in [0.05, 0.1) is 0 Å². The van der Waals surface area contributed by atoms with Crippen LogP contribution in [0.2, 0.25) is 6.55 Å². The molecule has 1 aromatic carbocycles. The highest BCUT2D eigenvalue weighted by molar-refractivity contribution is 6.58. The predicted octanol–water partition coefficient (Wildman–Crippen LogP) is 1.76. The van der Waals surface area contributed by atoms with Crippen molar-refractivity contribution in [1.82, 2.24) is 0 Å². The van der Waals surface area contributed by atoms with E-state index >= 15 is 0 Å². The van der Waals surface area contributed by atoms with E-state index in [1.807, 2.05) is 36.9 Å². The van der Waals surface area contributed by atoms with Gasteiger partial charge in [-0.2, -0.15) is 0 Å². The van der Waals surface area contributed by atoms with Crippen molar-refractivity contribution in [3.8, 4) is 0 Å². The van der Waals surface area contributed by atoms with Crippen LogP contribution >= 0.6 is 0 Å². The summed E-state index contributed by atoms with van der Waals surface area (Å²) in [5.74, 6) is 0. The molecule has 5 heteroatoms. The van der Waals surface area contributed by atoms with Gasteiger partial charge in [0, 0.05) is 33.6 Å². The Hall–Kier alpha value is -0.883. The lowest BCUT2D eigenvalue weighted by atomic mass is 10.3. The standard InChI is InChI=1S/C6H7N.C4H12O3Si/c7-6-4-2-1-3-5-6;1-5-8(4,6-2)7-3/h1-5H,7H2;1-4H3. The smallest absolute Gasteiger partial charge is 0.399 e. The van der Waals surface area contributed by atoms with E-state index in [0.29, 0.717) is 0 Å². The minimum Gasteiger partial charge on any atom is -0.399 e. The first-order valence-corrected chi connectivity index (χ1v) is 6.76. The molecule has 0 aromatic heterocycles. The summed E-state index contributed by atoms with van der Waals surface area (Å²) in [5, 5.41) is 0. The Bertz CT molecular complexity index is 244. The van der Waals surface area contributed by atoms with Gasteiger partial charge in [0.1, 0.15) is 0 Å². The van der Waals surface area contributed by atoms with E-state index in [4.69, 9.17) is 19.0 Å². The minimum absolute atomic E-state index is 0.822. The number of nitrogens with two attached hydrogens (primary N) is 1. The summed E-state index contributed by atoms with van der Waals surface area (Å²) >= 11 is 0. The molecule has 0 unspecified atom stereocenters. The van der Waals surface area contributed by atoms with Crippen LogP contribution in [0.25, 0.3) is 0 Å². The van der Waals surface area contributed by atoms with Crippen LogP contribution in [0.15, 0.2) is 30.3 Å². The van der Waals surface area contributed by atoms with Crippen molar-refractivity contribution in [3.05, 3.63) is 30.3 Å². The average molecular weight is 229 g/mol. The van der Waals surface area contributed by atoms with Gasteiger partial charge in [0.25, 0.3) is 0 Å². The number of anilines is 1. The summed E-state index contributed by atoms with van der Waals surface area (Å²) < 4.78 is 14.8. The zero-order valence-electron chi connectivity index (χ0n) is 9.69. The first-order valence-electron chi connectivity index (χ1n) is 4.54. The maximum absolute atomic E-state index is 5.36. The van der Waals surface area contributed by atoms with Crippen LogP contribution in [-0.2, 0) is 13.3 Å². The number of benzene rings is 1. The third-order valence-corrected chi connectivity index (χ3v) is 4.14. The molecule has 0 saturated heterocycles. The number of hydrogen-bond acceptors (Lipinski definition) is 4. The third kappa shape index (κ3) is 6.24. The van der Waals surface area contributed by atoms with Crippen molar-refractivity contribution in [1.29, 1.82) is 0 Å². The summed E-state index contributed by atoms with van der Waals surface area (Å²) in [6.07, 6.45) is 0. The molecule has 0 aliphatic heterocycles. The molecule has 2 N–H and O–H groups in total. The fourth-order valence-corrected chi connectivity index (χ4v) is 1.20. The summed E-state index contributed by atoms with van der Waals surface area (Å²) in [6, 6.07) is 9.49. The van der Waals surface area contributed by atoms with Gasteiger partial charge in [-0.25, -0.2) is 0 Å². The Morgan fingerprint density at radius 1 is 0.933 bits per heavy atom. The van der Waals surface area contributed by atoms with Crippen molar-refractivity contribution in [2.75, 3.05) is 27.1 Å². The number of para-hydroxylation sites is 1. The van der Waals surface area contributed by atoms with Crippen molar-refractivity contribution < 1.29 is 13.3 Å².